The van der Waals surface area contributed by atoms with Crippen LogP contribution in [-0.4, -0.2) is 42.5 Å². The van der Waals surface area contributed by atoms with Gasteiger partial charge < -0.3 is 14.8 Å². The van der Waals surface area contributed by atoms with Crippen molar-refractivity contribution in [2.24, 2.45) is 0 Å². The number of fused-ring (bicyclic) bond motifs is 1. The van der Waals surface area contributed by atoms with Crippen molar-refractivity contribution in [1.29, 1.82) is 0 Å². The van der Waals surface area contributed by atoms with Gasteiger partial charge in [-0.1, -0.05) is 36.4 Å². The Hall–Kier alpha value is -2.72. The summed E-state index contributed by atoms with van der Waals surface area (Å²) < 4.78 is 12.9. The average molecular weight is 545 g/mol. The van der Waals surface area contributed by atoms with Crippen LogP contribution in [0.5, 0.6) is 0 Å². The Balaban J connectivity index is 1.33. The zero-order valence-electron chi connectivity index (χ0n) is 18.4. The number of halogens is 2. The second-order valence-corrected chi connectivity index (χ2v) is 9.17. The predicted molar refractivity (Wildman–Crippen MR) is 134 cm³/mol. The van der Waals surface area contributed by atoms with E-state index in [9.17, 15) is 4.79 Å². The highest BCUT2D eigenvalue weighted by Gasteiger charge is 2.32. The maximum atomic E-state index is 13.1. The Kier molecular flexibility index (Phi) is 6.69. The van der Waals surface area contributed by atoms with E-state index in [1.807, 2.05) is 48.5 Å². The number of nitrogens with zero attached hydrogens (tertiary/aromatic N) is 4. The van der Waals surface area contributed by atoms with Crippen LogP contribution in [0.25, 0.3) is 0 Å². The molecule has 176 valence electrons. The number of carbonyl (C=O) groups is 1. The van der Waals surface area contributed by atoms with Gasteiger partial charge >= 0.3 is 6.03 Å². The first-order chi connectivity index (χ1) is 16.5. The summed E-state index contributed by atoms with van der Waals surface area (Å²) in [6.45, 7) is 1.17. The number of alkyl halides is 1. The van der Waals surface area contributed by atoms with Crippen LogP contribution in [0.15, 0.2) is 59.2 Å². The third kappa shape index (κ3) is 4.48. The molecule has 3 heterocycles. The molecule has 1 fully saturated rings. The quantitative estimate of drug-likeness (QED) is 0.451. The van der Waals surface area contributed by atoms with Crippen molar-refractivity contribution in [3.8, 4) is 0 Å². The summed E-state index contributed by atoms with van der Waals surface area (Å²) in [5.41, 5.74) is 3.66. The van der Waals surface area contributed by atoms with Crippen molar-refractivity contribution in [3.05, 3.63) is 75.9 Å². The van der Waals surface area contributed by atoms with Crippen LogP contribution in [0.4, 0.5) is 22.2 Å². The number of urea groups is 1. The highest BCUT2D eigenvalue weighted by Crippen LogP contribution is 2.34. The molecule has 0 aliphatic carbocycles. The van der Waals surface area contributed by atoms with Gasteiger partial charge in [-0.3, -0.25) is 9.80 Å². The van der Waals surface area contributed by atoms with E-state index in [-0.39, 0.29) is 12.1 Å². The Morgan fingerprint density at radius 2 is 1.97 bits per heavy atom. The van der Waals surface area contributed by atoms with Gasteiger partial charge in [0, 0.05) is 29.2 Å². The van der Waals surface area contributed by atoms with Crippen molar-refractivity contribution < 1.29 is 14.3 Å². The van der Waals surface area contributed by atoms with Crippen LogP contribution in [0.3, 0.4) is 0 Å². The molecule has 8 nitrogen and oxygen atoms in total. The molecule has 2 amide bonds. The maximum absolute atomic E-state index is 13.1. The molecule has 0 spiro atoms. The van der Waals surface area contributed by atoms with Crippen molar-refractivity contribution in [3.63, 3.8) is 0 Å². The Bertz CT molecular complexity index is 1210. The third-order valence-electron chi connectivity index (χ3n) is 5.85. The number of ether oxygens (including phenoxy) is 2. The lowest BCUT2D eigenvalue weighted by Gasteiger charge is -2.35. The fraction of sp³-hybridized carbons (Fsp3) is 0.292. The lowest BCUT2D eigenvalue weighted by molar-refractivity contribution is -0.129. The Morgan fingerprint density at radius 1 is 1.18 bits per heavy atom. The normalized spacial score (nSPS) is 20.3. The number of para-hydroxylation sites is 1. The number of carbonyl (C=O) groups excluding carboxylic acids is 1. The van der Waals surface area contributed by atoms with Gasteiger partial charge in [0.2, 0.25) is 5.95 Å². The van der Waals surface area contributed by atoms with E-state index in [4.69, 9.17) is 21.1 Å². The smallest absolute Gasteiger partial charge is 0.330 e. The van der Waals surface area contributed by atoms with Gasteiger partial charge in [-0.15, -0.1) is 11.6 Å². The zero-order chi connectivity index (χ0) is 23.7. The van der Waals surface area contributed by atoms with Crippen LogP contribution < -0.4 is 15.1 Å². The Labute approximate surface area is 211 Å². The molecule has 2 aromatic carbocycles. The number of hydrogen-bond donors (Lipinski definition) is 1. The summed E-state index contributed by atoms with van der Waals surface area (Å²) in [6, 6.07) is 15.4. The predicted octanol–water partition coefficient (Wildman–Crippen LogP) is 5.08. The first kappa shape index (κ1) is 23.0. The summed E-state index contributed by atoms with van der Waals surface area (Å²) >= 11 is 9.63. The van der Waals surface area contributed by atoms with Gasteiger partial charge in [-0.2, -0.15) is 4.98 Å². The van der Waals surface area contributed by atoms with E-state index >= 15 is 0 Å². The summed E-state index contributed by atoms with van der Waals surface area (Å²) in [5, 5.41) is 3.19. The zero-order valence-corrected chi connectivity index (χ0v) is 20.8. The topological polar surface area (TPSA) is 79.8 Å². The summed E-state index contributed by atoms with van der Waals surface area (Å²) in [7, 11) is 1.71. The number of nitrogens with one attached hydrogen (secondary N) is 1. The second kappa shape index (κ2) is 9.87. The number of hydrogen-bond acceptors (Lipinski definition) is 6. The number of benzene rings is 2. The molecule has 0 saturated carbocycles. The first-order valence-electron chi connectivity index (χ1n) is 10.8. The molecular weight excluding hydrogens is 522 g/mol. The number of anilines is 3. The fourth-order valence-electron chi connectivity index (χ4n) is 4.15. The number of amides is 2. The monoisotopic (exact) mass is 543 g/mol. The molecule has 2 unspecified atom stereocenters. The minimum absolute atomic E-state index is 0.168. The van der Waals surface area contributed by atoms with Crippen molar-refractivity contribution in [2.45, 2.75) is 24.8 Å². The maximum Gasteiger partial charge on any atom is 0.330 e. The summed E-state index contributed by atoms with van der Waals surface area (Å²) in [5.74, 6) is 1.33. The lowest BCUT2D eigenvalue weighted by Crippen LogP contribution is -2.46. The Morgan fingerprint density at radius 3 is 2.79 bits per heavy atom. The van der Waals surface area contributed by atoms with E-state index in [0.29, 0.717) is 37.4 Å². The second-order valence-electron chi connectivity index (χ2n) is 8.05. The van der Waals surface area contributed by atoms with Crippen molar-refractivity contribution >= 4 is 51.0 Å². The van der Waals surface area contributed by atoms with Crippen LogP contribution in [-0.2, 0) is 21.9 Å². The summed E-state index contributed by atoms with van der Waals surface area (Å²) in [4.78, 5) is 25.4. The molecule has 2 atom stereocenters. The van der Waals surface area contributed by atoms with Crippen LogP contribution in [0, 0.1) is 0 Å². The first-order valence-corrected chi connectivity index (χ1v) is 12.2. The molecule has 2 aliphatic heterocycles. The van der Waals surface area contributed by atoms with E-state index in [1.54, 1.807) is 18.1 Å². The molecule has 1 N–H and O–H groups in total. The summed E-state index contributed by atoms with van der Waals surface area (Å²) in [6.07, 6.45) is 1.05. The van der Waals surface area contributed by atoms with Gasteiger partial charge in [0.25, 0.3) is 0 Å². The molecule has 10 heteroatoms. The number of rotatable bonds is 5. The molecule has 1 saturated heterocycles. The fourth-order valence-corrected chi connectivity index (χ4v) is 4.89. The van der Waals surface area contributed by atoms with Gasteiger partial charge in [0.15, 0.2) is 6.23 Å². The van der Waals surface area contributed by atoms with E-state index < -0.39 is 6.23 Å². The molecule has 34 heavy (non-hydrogen) atoms. The highest BCUT2D eigenvalue weighted by atomic mass is 79.9. The minimum Gasteiger partial charge on any atom is -0.374 e. The molecule has 3 aromatic rings. The van der Waals surface area contributed by atoms with Gasteiger partial charge in [-0.25, -0.2) is 9.78 Å². The van der Waals surface area contributed by atoms with E-state index in [0.717, 1.165) is 26.9 Å². The molecule has 2 aliphatic rings. The highest BCUT2D eigenvalue weighted by molar-refractivity contribution is 9.10. The third-order valence-corrected chi connectivity index (χ3v) is 6.81. The SMILES string of the molecule is CN1C(=O)N(c2ccccc2Br)Cc2cnc(NC3COCC(c4ccccc4CCl)O3)nc21. The van der Waals surface area contributed by atoms with Crippen LogP contribution in [0.1, 0.15) is 22.8 Å². The number of aromatic nitrogens is 2. The van der Waals surface area contributed by atoms with E-state index in [1.165, 1.54) is 4.90 Å². The van der Waals surface area contributed by atoms with Crippen molar-refractivity contribution in [2.75, 3.05) is 35.4 Å². The lowest BCUT2D eigenvalue weighted by atomic mass is 10.0. The molecular formula is C24H23BrClN5O3. The van der Waals surface area contributed by atoms with Gasteiger partial charge in [-0.05, 0) is 39.2 Å². The van der Waals surface area contributed by atoms with Gasteiger partial charge in [0.05, 0.1) is 25.4 Å². The largest absolute Gasteiger partial charge is 0.374 e. The van der Waals surface area contributed by atoms with Crippen LogP contribution in [0.2, 0.25) is 0 Å². The standard InChI is InChI=1S/C24H23BrClN5O3/c1-30-22-16(12-31(24(30)32)19-9-5-4-8-18(19)25)11-27-23(29-22)28-21-14-33-13-20(34-21)17-7-3-2-6-15(17)10-26/h2-9,11,20-21H,10,12-14H2,1H3,(H,27,28,29). The van der Waals surface area contributed by atoms with E-state index in [2.05, 4.69) is 31.2 Å². The molecule has 5 rings (SSSR count). The molecule has 1 aromatic heterocycles. The molecule has 0 bridgehead atoms. The van der Waals surface area contributed by atoms with Gasteiger partial charge in [0.1, 0.15) is 11.9 Å². The van der Waals surface area contributed by atoms with Crippen LogP contribution >= 0.6 is 27.5 Å². The average Bonchev–Trinajstić information content (AvgIpc) is 2.87. The molecule has 0 radical (unpaired) electrons. The minimum atomic E-state index is -0.443. The van der Waals surface area contributed by atoms with Crippen molar-refractivity contribution in [1.82, 2.24) is 9.97 Å².